The van der Waals surface area contributed by atoms with Gasteiger partial charge in [-0.3, -0.25) is 0 Å². The Bertz CT molecular complexity index is 316. The van der Waals surface area contributed by atoms with Gasteiger partial charge in [-0.2, -0.15) is 0 Å². The lowest BCUT2D eigenvalue weighted by atomic mass is 9.93. The Balaban J connectivity index is 2.40. The second-order valence-electron chi connectivity index (χ2n) is 6.40. The number of benzene rings is 1. The van der Waals surface area contributed by atoms with Crippen LogP contribution in [-0.4, -0.2) is 6.61 Å². The first-order valence-electron chi connectivity index (χ1n) is 6.58. The predicted octanol–water partition coefficient (Wildman–Crippen LogP) is 4.70. The van der Waals surface area contributed by atoms with Crippen LogP contribution >= 0.6 is 0 Å². The zero-order valence-electron chi connectivity index (χ0n) is 11.9. The summed E-state index contributed by atoms with van der Waals surface area (Å²) in [4.78, 5) is 0. The summed E-state index contributed by atoms with van der Waals surface area (Å²) in [5.41, 5.74) is 1.74. The van der Waals surface area contributed by atoms with E-state index < -0.39 is 0 Å². The minimum atomic E-state index is 0.345. The Kier molecular flexibility index (Phi) is 5.04. The fourth-order valence-electron chi connectivity index (χ4n) is 1.67. The Morgan fingerprint density at radius 1 is 1.06 bits per heavy atom. The summed E-state index contributed by atoms with van der Waals surface area (Å²) in [6, 6.07) is 8.51. The van der Waals surface area contributed by atoms with Crippen LogP contribution in [0.25, 0.3) is 0 Å². The van der Waals surface area contributed by atoms with Crippen LogP contribution in [-0.2, 0) is 6.42 Å². The molecule has 0 aliphatic heterocycles. The molecule has 1 aromatic rings. The molecule has 0 saturated heterocycles. The average Bonchev–Trinajstić information content (AvgIpc) is 2.18. The summed E-state index contributed by atoms with van der Waals surface area (Å²) >= 11 is 0. The molecule has 0 heterocycles. The summed E-state index contributed by atoms with van der Waals surface area (Å²) in [6.45, 7) is 12.0. The van der Waals surface area contributed by atoms with Gasteiger partial charge in [0, 0.05) is 0 Å². The van der Waals surface area contributed by atoms with Gasteiger partial charge in [0.2, 0.25) is 0 Å². The summed E-state index contributed by atoms with van der Waals surface area (Å²) < 4.78 is 5.74. The smallest absolute Gasteiger partial charge is 0.119 e. The number of hydrogen-bond acceptors (Lipinski definition) is 1. The first kappa shape index (κ1) is 14.1. The van der Waals surface area contributed by atoms with Gasteiger partial charge < -0.3 is 4.74 Å². The van der Waals surface area contributed by atoms with Crippen LogP contribution in [0.2, 0.25) is 0 Å². The van der Waals surface area contributed by atoms with Gasteiger partial charge in [0.25, 0.3) is 0 Å². The fraction of sp³-hybridized carbons (Fsp3) is 0.625. The van der Waals surface area contributed by atoms with Gasteiger partial charge in [0.15, 0.2) is 0 Å². The van der Waals surface area contributed by atoms with Crippen LogP contribution in [0.1, 0.15) is 46.6 Å². The van der Waals surface area contributed by atoms with Gasteiger partial charge in [-0.05, 0) is 41.9 Å². The van der Waals surface area contributed by atoms with E-state index in [4.69, 9.17) is 4.74 Å². The molecular formula is C16H26O. The quantitative estimate of drug-likeness (QED) is 0.717. The molecule has 1 heteroatoms. The molecule has 0 amide bonds. The van der Waals surface area contributed by atoms with Crippen molar-refractivity contribution in [2.75, 3.05) is 6.61 Å². The maximum Gasteiger partial charge on any atom is 0.119 e. The molecule has 0 fully saturated rings. The third-order valence-corrected chi connectivity index (χ3v) is 2.69. The van der Waals surface area contributed by atoms with Crippen molar-refractivity contribution in [1.29, 1.82) is 0 Å². The molecule has 0 atom stereocenters. The SMILES string of the molecule is CC(C)Cc1ccc(OCCC(C)(C)C)cc1. The molecule has 17 heavy (non-hydrogen) atoms. The molecule has 1 rings (SSSR count). The summed E-state index contributed by atoms with van der Waals surface area (Å²) in [6.07, 6.45) is 2.23. The van der Waals surface area contributed by atoms with Crippen molar-refractivity contribution in [2.24, 2.45) is 11.3 Å². The van der Waals surface area contributed by atoms with Crippen LogP contribution in [0, 0.1) is 11.3 Å². The number of hydrogen-bond donors (Lipinski definition) is 0. The molecule has 0 radical (unpaired) electrons. The van der Waals surface area contributed by atoms with Crippen molar-refractivity contribution in [1.82, 2.24) is 0 Å². The van der Waals surface area contributed by atoms with Gasteiger partial charge in [-0.15, -0.1) is 0 Å². The molecule has 0 bridgehead atoms. The van der Waals surface area contributed by atoms with Crippen molar-refractivity contribution in [3.05, 3.63) is 29.8 Å². The minimum Gasteiger partial charge on any atom is -0.494 e. The Labute approximate surface area is 106 Å². The largest absolute Gasteiger partial charge is 0.494 e. The maximum atomic E-state index is 5.74. The molecule has 0 saturated carbocycles. The van der Waals surface area contributed by atoms with Crippen LogP contribution in [0.3, 0.4) is 0 Å². The predicted molar refractivity (Wildman–Crippen MR) is 74.6 cm³/mol. The maximum absolute atomic E-state index is 5.74. The highest BCUT2D eigenvalue weighted by Gasteiger charge is 2.09. The normalized spacial score (nSPS) is 11.9. The highest BCUT2D eigenvalue weighted by molar-refractivity contribution is 5.27. The molecule has 0 unspecified atom stereocenters. The molecule has 0 aliphatic rings. The monoisotopic (exact) mass is 234 g/mol. The van der Waals surface area contributed by atoms with E-state index in [1.807, 2.05) is 0 Å². The third kappa shape index (κ3) is 6.35. The number of rotatable bonds is 5. The first-order chi connectivity index (χ1) is 7.87. The van der Waals surface area contributed by atoms with Crippen molar-refractivity contribution in [3.63, 3.8) is 0 Å². The van der Waals surface area contributed by atoms with E-state index in [1.54, 1.807) is 0 Å². The summed E-state index contributed by atoms with van der Waals surface area (Å²) in [7, 11) is 0. The van der Waals surface area contributed by atoms with Gasteiger partial charge in [0.05, 0.1) is 6.61 Å². The van der Waals surface area contributed by atoms with Gasteiger partial charge in [-0.1, -0.05) is 46.8 Å². The highest BCUT2D eigenvalue weighted by Crippen LogP contribution is 2.20. The Morgan fingerprint density at radius 2 is 1.65 bits per heavy atom. The molecule has 0 aliphatic carbocycles. The van der Waals surface area contributed by atoms with E-state index in [-0.39, 0.29) is 0 Å². The minimum absolute atomic E-state index is 0.345. The summed E-state index contributed by atoms with van der Waals surface area (Å²) in [5.74, 6) is 1.70. The summed E-state index contributed by atoms with van der Waals surface area (Å²) in [5, 5.41) is 0. The van der Waals surface area contributed by atoms with E-state index in [0.29, 0.717) is 11.3 Å². The Morgan fingerprint density at radius 3 is 2.12 bits per heavy atom. The average molecular weight is 234 g/mol. The molecule has 0 aromatic heterocycles. The van der Waals surface area contributed by atoms with Crippen molar-refractivity contribution < 1.29 is 4.74 Å². The van der Waals surface area contributed by atoms with Crippen molar-refractivity contribution in [3.8, 4) is 5.75 Å². The third-order valence-electron chi connectivity index (χ3n) is 2.69. The van der Waals surface area contributed by atoms with E-state index >= 15 is 0 Å². The molecule has 0 N–H and O–H groups in total. The fourth-order valence-corrected chi connectivity index (χ4v) is 1.67. The van der Waals surface area contributed by atoms with E-state index in [1.165, 1.54) is 5.56 Å². The second kappa shape index (κ2) is 6.09. The van der Waals surface area contributed by atoms with Gasteiger partial charge in [0.1, 0.15) is 5.75 Å². The number of ether oxygens (including phenoxy) is 1. The molecule has 1 aromatic carbocycles. The first-order valence-corrected chi connectivity index (χ1v) is 6.58. The topological polar surface area (TPSA) is 9.23 Å². The van der Waals surface area contributed by atoms with Crippen LogP contribution in [0.5, 0.6) is 5.75 Å². The van der Waals surface area contributed by atoms with E-state index in [9.17, 15) is 0 Å². The lowest BCUT2D eigenvalue weighted by molar-refractivity contribution is 0.243. The highest BCUT2D eigenvalue weighted by atomic mass is 16.5. The zero-order valence-corrected chi connectivity index (χ0v) is 11.9. The molecule has 0 spiro atoms. The van der Waals surface area contributed by atoms with Gasteiger partial charge >= 0.3 is 0 Å². The van der Waals surface area contributed by atoms with Crippen molar-refractivity contribution >= 4 is 0 Å². The molecule has 1 nitrogen and oxygen atoms in total. The van der Waals surface area contributed by atoms with E-state index in [2.05, 4.69) is 58.9 Å². The second-order valence-corrected chi connectivity index (χ2v) is 6.40. The van der Waals surface area contributed by atoms with Crippen LogP contribution in [0.15, 0.2) is 24.3 Å². The zero-order chi connectivity index (χ0) is 12.9. The lowest BCUT2D eigenvalue weighted by Crippen LogP contribution is -2.11. The van der Waals surface area contributed by atoms with Crippen LogP contribution < -0.4 is 4.74 Å². The van der Waals surface area contributed by atoms with Crippen molar-refractivity contribution in [2.45, 2.75) is 47.5 Å². The van der Waals surface area contributed by atoms with Gasteiger partial charge in [-0.25, -0.2) is 0 Å². The van der Waals surface area contributed by atoms with E-state index in [0.717, 1.165) is 25.2 Å². The Hall–Kier alpha value is -0.980. The molecular weight excluding hydrogens is 208 g/mol. The molecule has 96 valence electrons. The van der Waals surface area contributed by atoms with Crippen LogP contribution in [0.4, 0.5) is 0 Å². The lowest BCUT2D eigenvalue weighted by Gasteiger charge is -2.18. The standard InChI is InChI=1S/C16H26O/c1-13(2)12-14-6-8-15(9-7-14)17-11-10-16(3,4)5/h6-9,13H,10-12H2,1-5H3.